The summed E-state index contributed by atoms with van der Waals surface area (Å²) < 4.78 is 5.38. The Hall–Kier alpha value is -1.21. The first-order valence-corrected chi connectivity index (χ1v) is 10.3. The lowest BCUT2D eigenvalue weighted by Gasteiger charge is -2.33. The topological polar surface area (TPSA) is 39.8 Å². The molecule has 0 amide bonds. The Morgan fingerprint density at radius 3 is 2.50 bits per heavy atom. The van der Waals surface area contributed by atoms with E-state index in [4.69, 9.17) is 17.0 Å². The van der Waals surface area contributed by atoms with Crippen LogP contribution in [0, 0.1) is 0 Å². The van der Waals surface area contributed by atoms with E-state index in [0.29, 0.717) is 6.04 Å². The maximum absolute atomic E-state index is 5.47. The zero-order valence-electron chi connectivity index (χ0n) is 15.7. The minimum absolute atomic E-state index is 0.501. The highest BCUT2D eigenvalue weighted by atomic mass is 32.1. The fourth-order valence-corrected chi connectivity index (χ4v) is 3.91. The van der Waals surface area contributed by atoms with Gasteiger partial charge in [-0.15, -0.1) is 0 Å². The predicted octanol–water partition coefficient (Wildman–Crippen LogP) is 1.84. The Morgan fingerprint density at radius 1 is 1.04 bits per heavy atom. The lowest BCUT2D eigenvalue weighted by atomic mass is 10.0. The molecule has 0 unspecified atom stereocenters. The van der Waals surface area contributed by atoms with E-state index in [9.17, 15) is 0 Å². The maximum atomic E-state index is 5.47. The Bertz CT molecular complexity index is 528. The number of hydrogen-bond donors (Lipinski definition) is 2. The SMILES string of the molecule is S=C(NCCCN1CCOCC1)NC1CCN(Cc2ccccc2)CC1. The molecule has 0 aliphatic carbocycles. The van der Waals surface area contributed by atoms with Crippen LogP contribution in [-0.4, -0.2) is 73.4 Å². The van der Waals surface area contributed by atoms with Crippen LogP contribution in [0.1, 0.15) is 24.8 Å². The van der Waals surface area contributed by atoms with Gasteiger partial charge in [-0.05, 0) is 43.6 Å². The summed E-state index contributed by atoms with van der Waals surface area (Å²) in [6.45, 7) is 9.24. The molecular formula is C20H32N4OS. The molecule has 0 aromatic heterocycles. The number of ether oxygens (including phenoxy) is 1. The van der Waals surface area contributed by atoms with Crippen molar-refractivity contribution in [2.75, 3.05) is 52.5 Å². The molecule has 1 aromatic rings. The summed E-state index contributed by atoms with van der Waals surface area (Å²) in [5, 5.41) is 7.68. The monoisotopic (exact) mass is 376 g/mol. The van der Waals surface area contributed by atoms with E-state index in [1.54, 1.807) is 0 Å². The van der Waals surface area contributed by atoms with E-state index >= 15 is 0 Å². The Labute approximate surface area is 163 Å². The first kappa shape index (κ1) is 19.5. The van der Waals surface area contributed by atoms with Gasteiger partial charge in [0.1, 0.15) is 0 Å². The summed E-state index contributed by atoms with van der Waals surface area (Å²) in [5.41, 5.74) is 1.40. The van der Waals surface area contributed by atoms with Gasteiger partial charge in [0.15, 0.2) is 5.11 Å². The van der Waals surface area contributed by atoms with Crippen LogP contribution in [0.3, 0.4) is 0 Å². The molecule has 0 spiro atoms. The average Bonchev–Trinajstić information content (AvgIpc) is 2.68. The first-order chi connectivity index (χ1) is 12.8. The van der Waals surface area contributed by atoms with Gasteiger partial charge in [0.2, 0.25) is 0 Å². The number of piperidine rings is 1. The van der Waals surface area contributed by atoms with Gasteiger partial charge >= 0.3 is 0 Å². The van der Waals surface area contributed by atoms with E-state index < -0.39 is 0 Å². The molecule has 0 saturated carbocycles. The van der Waals surface area contributed by atoms with Gasteiger partial charge in [-0.25, -0.2) is 0 Å². The third-order valence-electron chi connectivity index (χ3n) is 5.21. The van der Waals surface area contributed by atoms with Crippen LogP contribution in [0.5, 0.6) is 0 Å². The van der Waals surface area contributed by atoms with E-state index in [0.717, 1.165) is 83.4 Å². The normalized spacial score (nSPS) is 20.0. The third kappa shape index (κ3) is 6.83. The minimum atomic E-state index is 0.501. The molecule has 0 radical (unpaired) electrons. The predicted molar refractivity (Wildman–Crippen MR) is 110 cm³/mol. The summed E-state index contributed by atoms with van der Waals surface area (Å²) in [7, 11) is 0. The summed E-state index contributed by atoms with van der Waals surface area (Å²) in [6.07, 6.45) is 3.43. The number of nitrogens with zero attached hydrogens (tertiary/aromatic N) is 2. The lowest BCUT2D eigenvalue weighted by molar-refractivity contribution is 0.0376. The fraction of sp³-hybridized carbons (Fsp3) is 0.650. The number of nitrogens with one attached hydrogen (secondary N) is 2. The zero-order valence-corrected chi connectivity index (χ0v) is 16.5. The van der Waals surface area contributed by atoms with Crippen LogP contribution in [0.25, 0.3) is 0 Å². The van der Waals surface area contributed by atoms with Gasteiger partial charge in [-0.3, -0.25) is 9.80 Å². The Balaban J connectivity index is 1.25. The van der Waals surface area contributed by atoms with E-state index in [-0.39, 0.29) is 0 Å². The molecule has 26 heavy (non-hydrogen) atoms. The second-order valence-electron chi connectivity index (χ2n) is 7.24. The zero-order chi connectivity index (χ0) is 18.0. The molecule has 2 N–H and O–H groups in total. The van der Waals surface area contributed by atoms with Crippen LogP contribution in [-0.2, 0) is 11.3 Å². The second-order valence-corrected chi connectivity index (χ2v) is 7.65. The molecule has 0 atom stereocenters. The van der Waals surface area contributed by atoms with Crippen molar-refractivity contribution in [3.63, 3.8) is 0 Å². The van der Waals surface area contributed by atoms with Crippen LogP contribution in [0.2, 0.25) is 0 Å². The molecule has 2 heterocycles. The molecule has 1 aromatic carbocycles. The molecule has 0 bridgehead atoms. The van der Waals surface area contributed by atoms with Crippen LogP contribution < -0.4 is 10.6 Å². The fourth-order valence-electron chi connectivity index (χ4n) is 3.64. The highest BCUT2D eigenvalue weighted by Crippen LogP contribution is 2.13. The van der Waals surface area contributed by atoms with Gasteiger partial charge in [0, 0.05) is 45.3 Å². The van der Waals surface area contributed by atoms with Crippen molar-refractivity contribution in [2.24, 2.45) is 0 Å². The quantitative estimate of drug-likeness (QED) is 0.559. The molecule has 3 rings (SSSR count). The average molecular weight is 377 g/mol. The van der Waals surface area contributed by atoms with Crippen molar-refractivity contribution in [2.45, 2.75) is 31.8 Å². The van der Waals surface area contributed by atoms with Gasteiger partial charge < -0.3 is 15.4 Å². The van der Waals surface area contributed by atoms with Crippen LogP contribution in [0.15, 0.2) is 30.3 Å². The molecule has 2 saturated heterocycles. The van der Waals surface area contributed by atoms with Crippen molar-refractivity contribution in [3.8, 4) is 0 Å². The molecule has 2 fully saturated rings. The van der Waals surface area contributed by atoms with Crippen molar-refractivity contribution >= 4 is 17.3 Å². The van der Waals surface area contributed by atoms with E-state index in [1.165, 1.54) is 5.56 Å². The van der Waals surface area contributed by atoms with Crippen molar-refractivity contribution in [1.82, 2.24) is 20.4 Å². The number of likely N-dealkylation sites (tertiary alicyclic amines) is 1. The number of rotatable bonds is 7. The van der Waals surface area contributed by atoms with Gasteiger partial charge in [0.05, 0.1) is 13.2 Å². The Morgan fingerprint density at radius 2 is 1.77 bits per heavy atom. The Kier molecular flexibility index (Phi) is 8.14. The summed E-state index contributed by atoms with van der Waals surface area (Å²) >= 11 is 5.47. The highest BCUT2D eigenvalue weighted by molar-refractivity contribution is 7.80. The lowest BCUT2D eigenvalue weighted by Crippen LogP contribution is -2.48. The number of benzene rings is 1. The first-order valence-electron chi connectivity index (χ1n) is 9.90. The summed E-state index contributed by atoms with van der Waals surface area (Å²) in [4.78, 5) is 5.00. The molecule has 2 aliphatic rings. The third-order valence-corrected chi connectivity index (χ3v) is 5.47. The highest BCUT2D eigenvalue weighted by Gasteiger charge is 2.19. The van der Waals surface area contributed by atoms with Crippen molar-refractivity contribution < 1.29 is 4.74 Å². The van der Waals surface area contributed by atoms with Gasteiger partial charge in [-0.2, -0.15) is 0 Å². The number of hydrogen-bond acceptors (Lipinski definition) is 4. The number of morpholine rings is 1. The molecule has 144 valence electrons. The van der Waals surface area contributed by atoms with Crippen molar-refractivity contribution in [3.05, 3.63) is 35.9 Å². The minimum Gasteiger partial charge on any atom is -0.379 e. The van der Waals surface area contributed by atoms with Gasteiger partial charge in [0.25, 0.3) is 0 Å². The number of thiocarbonyl (C=S) groups is 1. The van der Waals surface area contributed by atoms with E-state index in [2.05, 4.69) is 50.8 Å². The summed E-state index contributed by atoms with van der Waals surface area (Å²) in [5.74, 6) is 0. The second kappa shape index (κ2) is 10.8. The van der Waals surface area contributed by atoms with Crippen LogP contribution >= 0.6 is 12.2 Å². The van der Waals surface area contributed by atoms with E-state index in [1.807, 2.05) is 0 Å². The largest absolute Gasteiger partial charge is 0.379 e. The van der Waals surface area contributed by atoms with Crippen LogP contribution in [0.4, 0.5) is 0 Å². The molecular weight excluding hydrogens is 344 g/mol. The van der Waals surface area contributed by atoms with Gasteiger partial charge in [-0.1, -0.05) is 30.3 Å². The smallest absolute Gasteiger partial charge is 0.166 e. The van der Waals surface area contributed by atoms with Crippen molar-refractivity contribution in [1.29, 1.82) is 0 Å². The standard InChI is InChI=1S/C20H32N4OS/c26-20(21-9-4-10-23-13-15-25-16-14-23)22-19-7-11-24(12-8-19)17-18-5-2-1-3-6-18/h1-3,5-6,19H,4,7-17H2,(H2,21,22,26). The molecule has 2 aliphatic heterocycles. The molecule has 5 nitrogen and oxygen atoms in total. The molecule has 6 heteroatoms. The summed E-state index contributed by atoms with van der Waals surface area (Å²) in [6, 6.07) is 11.2. The maximum Gasteiger partial charge on any atom is 0.166 e.